The number of rotatable bonds is 4. The first-order chi connectivity index (χ1) is 7.74. The Morgan fingerprint density at radius 2 is 2.06 bits per heavy atom. The number of halogens is 1. The van der Waals surface area contributed by atoms with Gasteiger partial charge in [0.15, 0.2) is 0 Å². The van der Waals surface area contributed by atoms with Crippen LogP contribution in [0.2, 0.25) is 0 Å². The summed E-state index contributed by atoms with van der Waals surface area (Å²) in [6, 6.07) is 9.91. The summed E-state index contributed by atoms with van der Waals surface area (Å²) in [5.41, 5.74) is 1.10. The highest BCUT2D eigenvalue weighted by Gasteiger charge is 2.03. The number of hydrogen-bond donors (Lipinski definition) is 0. The molecule has 0 spiro atoms. The van der Waals surface area contributed by atoms with E-state index in [-0.39, 0.29) is 5.97 Å². The molecule has 0 heterocycles. The SMILES string of the molecule is CCOC(=O)/C(I)=C/C=C/c1ccccc1. The van der Waals surface area contributed by atoms with Gasteiger partial charge in [-0.3, -0.25) is 0 Å². The molecule has 16 heavy (non-hydrogen) atoms. The minimum Gasteiger partial charge on any atom is -0.462 e. The Bertz CT molecular complexity index is 394. The molecule has 0 amide bonds. The van der Waals surface area contributed by atoms with Crippen LogP contribution in [-0.2, 0) is 9.53 Å². The fourth-order valence-electron chi connectivity index (χ4n) is 1.08. The molecule has 0 N–H and O–H groups in total. The van der Waals surface area contributed by atoms with E-state index < -0.39 is 0 Å². The Hall–Kier alpha value is -1.10. The van der Waals surface area contributed by atoms with Crippen LogP contribution in [0.15, 0.2) is 46.1 Å². The number of ether oxygens (including phenoxy) is 1. The maximum Gasteiger partial charge on any atom is 0.344 e. The van der Waals surface area contributed by atoms with Gasteiger partial charge in [0.2, 0.25) is 0 Å². The first kappa shape index (κ1) is 13.0. The van der Waals surface area contributed by atoms with Crippen LogP contribution in [0.4, 0.5) is 0 Å². The van der Waals surface area contributed by atoms with E-state index in [1.54, 1.807) is 13.0 Å². The highest BCUT2D eigenvalue weighted by molar-refractivity contribution is 14.1. The van der Waals surface area contributed by atoms with Crippen molar-refractivity contribution < 1.29 is 9.53 Å². The second-order valence-corrected chi connectivity index (χ2v) is 4.17. The molecule has 0 bridgehead atoms. The van der Waals surface area contributed by atoms with Crippen molar-refractivity contribution in [1.82, 2.24) is 0 Å². The van der Waals surface area contributed by atoms with E-state index in [0.717, 1.165) is 5.56 Å². The highest BCUT2D eigenvalue weighted by atomic mass is 127. The van der Waals surface area contributed by atoms with Crippen molar-refractivity contribution in [3.05, 3.63) is 51.6 Å². The lowest BCUT2D eigenvalue weighted by Gasteiger charge is -1.97. The highest BCUT2D eigenvalue weighted by Crippen LogP contribution is 2.09. The van der Waals surface area contributed by atoms with Gasteiger partial charge in [0.25, 0.3) is 0 Å². The summed E-state index contributed by atoms with van der Waals surface area (Å²) in [4.78, 5) is 11.3. The molecule has 0 aliphatic heterocycles. The van der Waals surface area contributed by atoms with Crippen molar-refractivity contribution in [2.45, 2.75) is 6.92 Å². The van der Waals surface area contributed by atoms with Crippen molar-refractivity contribution in [2.24, 2.45) is 0 Å². The normalized spacial score (nSPS) is 11.8. The van der Waals surface area contributed by atoms with Crippen molar-refractivity contribution in [2.75, 3.05) is 6.61 Å². The average Bonchev–Trinajstić information content (AvgIpc) is 2.30. The van der Waals surface area contributed by atoms with E-state index in [1.807, 2.05) is 65.1 Å². The summed E-state index contributed by atoms with van der Waals surface area (Å²) in [5, 5.41) is 0. The predicted molar refractivity (Wildman–Crippen MR) is 74.2 cm³/mol. The molecule has 0 unspecified atom stereocenters. The molecule has 0 radical (unpaired) electrons. The molecule has 1 rings (SSSR count). The second-order valence-electron chi connectivity index (χ2n) is 3.00. The molecular weight excluding hydrogens is 315 g/mol. The molecule has 0 atom stereocenters. The third kappa shape index (κ3) is 4.61. The molecule has 84 valence electrons. The topological polar surface area (TPSA) is 26.3 Å². The number of hydrogen-bond acceptors (Lipinski definition) is 2. The van der Waals surface area contributed by atoms with Crippen molar-refractivity contribution >= 4 is 34.6 Å². The van der Waals surface area contributed by atoms with Gasteiger partial charge in [-0.25, -0.2) is 4.79 Å². The Labute approximate surface area is 109 Å². The van der Waals surface area contributed by atoms with Gasteiger partial charge in [0.1, 0.15) is 0 Å². The lowest BCUT2D eigenvalue weighted by Crippen LogP contribution is -2.02. The fraction of sp³-hybridized carbons (Fsp3) is 0.154. The van der Waals surface area contributed by atoms with Crippen LogP contribution >= 0.6 is 22.6 Å². The molecule has 0 fully saturated rings. The van der Waals surface area contributed by atoms with Crippen LogP contribution in [0, 0.1) is 0 Å². The van der Waals surface area contributed by atoms with E-state index in [4.69, 9.17) is 4.74 Å². The van der Waals surface area contributed by atoms with Crippen molar-refractivity contribution in [3.63, 3.8) is 0 Å². The molecule has 0 aliphatic rings. The zero-order valence-electron chi connectivity index (χ0n) is 9.02. The lowest BCUT2D eigenvalue weighted by atomic mass is 10.2. The summed E-state index contributed by atoms with van der Waals surface area (Å²) in [7, 11) is 0. The minimum absolute atomic E-state index is 0.277. The third-order valence-corrected chi connectivity index (χ3v) is 2.60. The van der Waals surface area contributed by atoms with Gasteiger partial charge in [0, 0.05) is 0 Å². The molecule has 1 aromatic rings. The summed E-state index contributed by atoms with van der Waals surface area (Å²) in [6.07, 6.45) is 5.53. The molecule has 1 aromatic carbocycles. The predicted octanol–water partition coefficient (Wildman–Crippen LogP) is 3.58. The van der Waals surface area contributed by atoms with Crippen LogP contribution in [0.5, 0.6) is 0 Å². The lowest BCUT2D eigenvalue weighted by molar-refractivity contribution is -0.137. The number of allylic oxidation sites excluding steroid dienone is 2. The number of esters is 1. The first-order valence-electron chi connectivity index (χ1n) is 5.00. The van der Waals surface area contributed by atoms with Crippen LogP contribution in [0.1, 0.15) is 12.5 Å². The van der Waals surface area contributed by atoms with Gasteiger partial charge in [-0.2, -0.15) is 0 Å². The Morgan fingerprint density at radius 1 is 1.38 bits per heavy atom. The van der Waals surface area contributed by atoms with Gasteiger partial charge in [0.05, 0.1) is 10.2 Å². The molecule has 0 saturated heterocycles. The minimum atomic E-state index is -0.277. The monoisotopic (exact) mass is 328 g/mol. The molecule has 3 heteroatoms. The third-order valence-electron chi connectivity index (χ3n) is 1.80. The molecule has 0 aliphatic carbocycles. The molecular formula is C13H13IO2. The van der Waals surface area contributed by atoms with E-state index in [2.05, 4.69) is 0 Å². The van der Waals surface area contributed by atoms with Gasteiger partial charge >= 0.3 is 5.97 Å². The van der Waals surface area contributed by atoms with Crippen molar-refractivity contribution in [1.29, 1.82) is 0 Å². The zero-order valence-corrected chi connectivity index (χ0v) is 11.2. The van der Waals surface area contributed by atoms with Gasteiger partial charge < -0.3 is 4.74 Å². The van der Waals surface area contributed by atoms with Crippen LogP contribution < -0.4 is 0 Å². The average molecular weight is 328 g/mol. The number of benzene rings is 1. The maximum atomic E-state index is 11.3. The van der Waals surface area contributed by atoms with Gasteiger partial charge in [-0.15, -0.1) is 0 Å². The van der Waals surface area contributed by atoms with E-state index >= 15 is 0 Å². The van der Waals surface area contributed by atoms with Crippen LogP contribution in [0.3, 0.4) is 0 Å². The standard InChI is InChI=1S/C13H13IO2/c1-2-16-13(15)12(14)10-6-9-11-7-4-3-5-8-11/h3-10H,2H2,1H3/b9-6+,12-10-. The molecule has 2 nitrogen and oxygen atoms in total. The first-order valence-corrected chi connectivity index (χ1v) is 6.08. The van der Waals surface area contributed by atoms with Gasteiger partial charge in [-0.05, 0) is 41.2 Å². The maximum absolute atomic E-state index is 11.3. The number of carbonyl (C=O) groups is 1. The summed E-state index contributed by atoms with van der Waals surface area (Å²) in [6.45, 7) is 2.20. The Kier molecular flexibility index (Phi) is 5.85. The molecule has 0 aromatic heterocycles. The van der Waals surface area contributed by atoms with Crippen LogP contribution in [-0.4, -0.2) is 12.6 Å². The largest absolute Gasteiger partial charge is 0.462 e. The summed E-state index contributed by atoms with van der Waals surface area (Å²) >= 11 is 1.97. The van der Waals surface area contributed by atoms with E-state index in [0.29, 0.717) is 10.2 Å². The summed E-state index contributed by atoms with van der Waals surface area (Å²) < 4.78 is 5.43. The molecule has 0 saturated carbocycles. The van der Waals surface area contributed by atoms with E-state index in [1.165, 1.54) is 0 Å². The second kappa shape index (κ2) is 7.22. The van der Waals surface area contributed by atoms with Crippen LogP contribution in [0.25, 0.3) is 6.08 Å². The zero-order chi connectivity index (χ0) is 11.8. The Morgan fingerprint density at radius 3 is 2.69 bits per heavy atom. The smallest absolute Gasteiger partial charge is 0.344 e. The van der Waals surface area contributed by atoms with Crippen molar-refractivity contribution in [3.8, 4) is 0 Å². The summed E-state index contributed by atoms with van der Waals surface area (Å²) in [5.74, 6) is -0.277. The van der Waals surface area contributed by atoms with E-state index in [9.17, 15) is 4.79 Å². The quantitative estimate of drug-likeness (QED) is 0.365. The Balaban J connectivity index is 2.59. The number of carbonyl (C=O) groups excluding carboxylic acids is 1. The van der Waals surface area contributed by atoms with Gasteiger partial charge in [-0.1, -0.05) is 42.5 Å². The fourth-order valence-corrected chi connectivity index (χ4v) is 1.44.